The molecule has 1 aliphatic rings. The molecule has 2 aromatic carbocycles. The SMILES string of the molecule is CC[C@@]1(C)Cc2c(sc3nc(SCC(=O)c4ccccc4)n(-c4ccc(OC)cc4)c(=O)c23)CO1. The number of fused-ring (bicyclic) bond motifs is 3. The van der Waals surface area contributed by atoms with Crippen LogP contribution in [0.1, 0.15) is 41.1 Å². The Morgan fingerprint density at radius 2 is 1.94 bits per heavy atom. The topological polar surface area (TPSA) is 70.4 Å². The highest BCUT2D eigenvalue weighted by molar-refractivity contribution is 7.99. The summed E-state index contributed by atoms with van der Waals surface area (Å²) < 4.78 is 13.0. The summed E-state index contributed by atoms with van der Waals surface area (Å²) in [5.41, 5.74) is 1.95. The molecule has 3 heterocycles. The number of methoxy groups -OCH3 is 1. The summed E-state index contributed by atoms with van der Waals surface area (Å²) in [4.78, 5) is 33.5. The number of hydrogen-bond donors (Lipinski definition) is 0. The van der Waals surface area contributed by atoms with E-state index in [4.69, 9.17) is 14.5 Å². The molecule has 0 saturated heterocycles. The molecule has 0 saturated carbocycles. The lowest BCUT2D eigenvalue weighted by atomic mass is 9.90. The van der Waals surface area contributed by atoms with Crippen LogP contribution in [-0.4, -0.2) is 33.8 Å². The summed E-state index contributed by atoms with van der Waals surface area (Å²) in [6.07, 6.45) is 1.54. The Kier molecular flexibility index (Phi) is 6.53. The second-order valence-corrected chi connectivity index (χ2v) is 10.8. The van der Waals surface area contributed by atoms with Gasteiger partial charge in [0.15, 0.2) is 10.9 Å². The van der Waals surface area contributed by atoms with E-state index in [2.05, 4.69) is 13.8 Å². The molecule has 0 aliphatic carbocycles. The standard InChI is InChI=1S/C27H26N2O4S2/c1-4-27(2)14-20-22(15-33-27)35-24-23(20)25(31)29(18-10-12-19(32-3)13-11-18)26(28-24)34-16-21(30)17-8-6-5-7-9-17/h5-13H,4,14-16H2,1-3H3/t27-/m0/s1. The number of hydrogen-bond acceptors (Lipinski definition) is 7. The molecule has 2 aromatic heterocycles. The first kappa shape index (κ1) is 23.8. The van der Waals surface area contributed by atoms with Gasteiger partial charge in [-0.25, -0.2) is 4.98 Å². The summed E-state index contributed by atoms with van der Waals surface area (Å²) in [7, 11) is 1.61. The molecule has 0 bridgehead atoms. The minimum absolute atomic E-state index is 0.0104. The third-order valence-electron chi connectivity index (χ3n) is 6.49. The molecule has 0 radical (unpaired) electrons. The van der Waals surface area contributed by atoms with Gasteiger partial charge < -0.3 is 9.47 Å². The molecular formula is C27H26N2O4S2. The Hall–Kier alpha value is -2.94. The first-order valence-electron chi connectivity index (χ1n) is 11.5. The lowest BCUT2D eigenvalue weighted by Gasteiger charge is -2.32. The number of ketones is 1. The third kappa shape index (κ3) is 4.53. The van der Waals surface area contributed by atoms with Crippen LogP contribution in [0.25, 0.3) is 15.9 Å². The van der Waals surface area contributed by atoms with Gasteiger partial charge in [-0.1, -0.05) is 49.0 Å². The number of thiophene rings is 1. The number of Topliss-reactive ketones (excluding diaryl/α,β-unsaturated/α-hetero) is 1. The number of benzene rings is 2. The molecule has 0 amide bonds. The largest absolute Gasteiger partial charge is 0.497 e. The minimum Gasteiger partial charge on any atom is -0.497 e. The van der Waals surface area contributed by atoms with Crippen molar-refractivity contribution in [2.24, 2.45) is 0 Å². The van der Waals surface area contributed by atoms with Gasteiger partial charge in [-0.05, 0) is 43.2 Å². The van der Waals surface area contributed by atoms with E-state index in [9.17, 15) is 9.59 Å². The van der Waals surface area contributed by atoms with Crippen molar-refractivity contribution in [3.8, 4) is 11.4 Å². The van der Waals surface area contributed by atoms with Crippen molar-refractivity contribution in [3.63, 3.8) is 0 Å². The van der Waals surface area contributed by atoms with Crippen LogP contribution in [0.5, 0.6) is 5.75 Å². The second-order valence-electron chi connectivity index (χ2n) is 8.76. The van der Waals surface area contributed by atoms with E-state index in [1.165, 1.54) is 23.1 Å². The van der Waals surface area contributed by atoms with Gasteiger partial charge in [-0.3, -0.25) is 14.2 Å². The molecular weight excluding hydrogens is 480 g/mol. The molecule has 0 spiro atoms. The number of nitrogens with zero attached hydrogens (tertiary/aromatic N) is 2. The van der Waals surface area contributed by atoms with Gasteiger partial charge in [-0.2, -0.15) is 0 Å². The molecule has 4 aromatic rings. The van der Waals surface area contributed by atoms with E-state index >= 15 is 0 Å². The zero-order valence-electron chi connectivity index (χ0n) is 19.9. The molecule has 180 valence electrons. The van der Waals surface area contributed by atoms with Crippen LogP contribution in [0.15, 0.2) is 64.5 Å². The van der Waals surface area contributed by atoms with Crippen LogP contribution in [0.3, 0.4) is 0 Å². The summed E-state index contributed by atoms with van der Waals surface area (Å²) in [5, 5.41) is 1.15. The first-order valence-corrected chi connectivity index (χ1v) is 13.3. The molecule has 0 unspecified atom stereocenters. The van der Waals surface area contributed by atoms with Crippen molar-refractivity contribution in [2.75, 3.05) is 12.9 Å². The lowest BCUT2D eigenvalue weighted by molar-refractivity contribution is -0.0543. The van der Waals surface area contributed by atoms with E-state index < -0.39 is 0 Å². The Bertz CT molecular complexity index is 1440. The van der Waals surface area contributed by atoms with Crippen molar-refractivity contribution < 1.29 is 14.3 Å². The Balaban J connectivity index is 1.62. The first-order chi connectivity index (χ1) is 16.9. The van der Waals surface area contributed by atoms with E-state index in [1.54, 1.807) is 23.8 Å². The molecule has 0 fully saturated rings. The Morgan fingerprint density at radius 3 is 2.63 bits per heavy atom. The van der Waals surface area contributed by atoms with Crippen molar-refractivity contribution in [3.05, 3.63) is 81.0 Å². The summed E-state index contributed by atoms with van der Waals surface area (Å²) in [6.45, 7) is 4.68. The van der Waals surface area contributed by atoms with Gasteiger partial charge in [-0.15, -0.1) is 11.3 Å². The van der Waals surface area contributed by atoms with Gasteiger partial charge in [0.05, 0.1) is 36.1 Å². The molecule has 6 nitrogen and oxygen atoms in total. The fraction of sp³-hybridized carbons (Fsp3) is 0.296. The number of carbonyl (C=O) groups is 1. The number of ether oxygens (including phenoxy) is 2. The van der Waals surface area contributed by atoms with Crippen LogP contribution in [0, 0.1) is 0 Å². The monoisotopic (exact) mass is 506 g/mol. The van der Waals surface area contributed by atoms with Crippen molar-refractivity contribution in [2.45, 2.75) is 44.1 Å². The normalized spacial score (nSPS) is 17.3. The fourth-order valence-electron chi connectivity index (χ4n) is 4.22. The van der Waals surface area contributed by atoms with Crippen LogP contribution < -0.4 is 10.3 Å². The quantitative estimate of drug-likeness (QED) is 0.183. The highest BCUT2D eigenvalue weighted by Gasteiger charge is 2.33. The Labute approximate surface area is 211 Å². The van der Waals surface area contributed by atoms with E-state index in [-0.39, 0.29) is 22.7 Å². The molecule has 1 atom stereocenters. The third-order valence-corrected chi connectivity index (χ3v) is 8.52. The number of aromatic nitrogens is 2. The maximum Gasteiger partial charge on any atom is 0.267 e. The zero-order chi connectivity index (χ0) is 24.6. The average Bonchev–Trinajstić information content (AvgIpc) is 3.25. The number of carbonyl (C=O) groups excluding carboxylic acids is 1. The van der Waals surface area contributed by atoms with Crippen LogP contribution >= 0.6 is 23.1 Å². The summed E-state index contributed by atoms with van der Waals surface area (Å²) >= 11 is 2.79. The van der Waals surface area contributed by atoms with Gasteiger partial charge >= 0.3 is 0 Å². The molecule has 1 aliphatic heterocycles. The summed E-state index contributed by atoms with van der Waals surface area (Å²) in [5.74, 6) is 0.872. The van der Waals surface area contributed by atoms with E-state index in [1.807, 2.05) is 42.5 Å². The van der Waals surface area contributed by atoms with Crippen molar-refractivity contribution >= 4 is 39.1 Å². The fourth-order valence-corrected chi connectivity index (χ4v) is 6.27. The second kappa shape index (κ2) is 9.60. The van der Waals surface area contributed by atoms with E-state index in [0.717, 1.165) is 16.9 Å². The molecule has 5 rings (SSSR count). The van der Waals surface area contributed by atoms with Gasteiger partial charge in [0.2, 0.25) is 0 Å². The highest BCUT2D eigenvalue weighted by Crippen LogP contribution is 2.39. The van der Waals surface area contributed by atoms with Crippen LogP contribution in [-0.2, 0) is 17.8 Å². The summed E-state index contributed by atoms with van der Waals surface area (Å²) in [6, 6.07) is 16.5. The smallest absolute Gasteiger partial charge is 0.267 e. The van der Waals surface area contributed by atoms with Crippen LogP contribution in [0.2, 0.25) is 0 Å². The highest BCUT2D eigenvalue weighted by atomic mass is 32.2. The molecule has 0 N–H and O–H groups in total. The molecule has 35 heavy (non-hydrogen) atoms. The minimum atomic E-state index is -0.298. The maximum atomic E-state index is 14.0. The zero-order valence-corrected chi connectivity index (χ0v) is 21.5. The van der Waals surface area contributed by atoms with Crippen molar-refractivity contribution in [1.82, 2.24) is 9.55 Å². The lowest BCUT2D eigenvalue weighted by Crippen LogP contribution is -2.34. The Morgan fingerprint density at radius 1 is 1.20 bits per heavy atom. The number of thioether (sulfide) groups is 1. The van der Waals surface area contributed by atoms with E-state index in [0.29, 0.717) is 45.4 Å². The van der Waals surface area contributed by atoms with Crippen molar-refractivity contribution in [1.29, 1.82) is 0 Å². The predicted octanol–water partition coefficient (Wildman–Crippen LogP) is 5.67. The molecule has 8 heteroatoms. The number of rotatable bonds is 7. The maximum absolute atomic E-state index is 14.0. The predicted molar refractivity (Wildman–Crippen MR) is 140 cm³/mol. The van der Waals surface area contributed by atoms with Gasteiger partial charge in [0.25, 0.3) is 5.56 Å². The van der Waals surface area contributed by atoms with Gasteiger partial charge in [0, 0.05) is 16.9 Å². The average molecular weight is 507 g/mol. The van der Waals surface area contributed by atoms with Gasteiger partial charge in [0.1, 0.15) is 10.6 Å². The van der Waals surface area contributed by atoms with Crippen LogP contribution in [0.4, 0.5) is 0 Å².